The Bertz CT molecular complexity index is 502. The van der Waals surface area contributed by atoms with E-state index in [1.54, 1.807) is 0 Å². The summed E-state index contributed by atoms with van der Waals surface area (Å²) in [6.45, 7) is 15.8. The van der Waals surface area contributed by atoms with Crippen molar-refractivity contribution in [2.24, 2.45) is 11.7 Å². The molecule has 0 radical (unpaired) electrons. The fraction of sp³-hybridized carbons (Fsp3) is 0.591. The van der Waals surface area contributed by atoms with Crippen molar-refractivity contribution in [3.05, 3.63) is 38.0 Å². The number of carbonyl (C=O) groups excluding carboxylic acids is 3. The first-order valence-electron chi connectivity index (χ1n) is 9.77. The third-order valence-electron chi connectivity index (χ3n) is 3.55. The zero-order valence-corrected chi connectivity index (χ0v) is 20.1. The van der Waals surface area contributed by atoms with Gasteiger partial charge in [-0.05, 0) is 18.4 Å². The number of primary amides is 1. The maximum Gasteiger partial charge on any atom is 0.330 e. The van der Waals surface area contributed by atoms with Gasteiger partial charge in [-0.1, -0.05) is 52.8 Å². The van der Waals surface area contributed by atoms with E-state index in [1.165, 1.54) is 25.0 Å². The van der Waals surface area contributed by atoms with E-state index in [1.807, 2.05) is 21.1 Å². The molecular formula is C22H41ClN2O5. The van der Waals surface area contributed by atoms with Crippen LogP contribution in [-0.2, 0) is 23.9 Å². The molecule has 0 aliphatic carbocycles. The molecule has 8 heteroatoms. The SMILES string of the molecule is C=CC(=O)OCC(CC)CCCC.C=CC(=O)OCC[N+](C)(C)C.C=CC(N)=O.[Cl-]. The first-order chi connectivity index (χ1) is 13.5. The number of esters is 2. The normalized spacial score (nSPS) is 10.3. The summed E-state index contributed by atoms with van der Waals surface area (Å²) in [6, 6.07) is 0. The number of nitrogens with zero attached hydrogens (tertiary/aromatic N) is 1. The van der Waals surface area contributed by atoms with E-state index in [-0.39, 0.29) is 24.3 Å². The number of unbranched alkanes of at least 4 members (excludes halogenated alkanes) is 1. The average Bonchev–Trinajstić information content (AvgIpc) is 2.67. The molecule has 1 amide bonds. The van der Waals surface area contributed by atoms with Crippen molar-refractivity contribution in [3.63, 3.8) is 0 Å². The van der Waals surface area contributed by atoms with Gasteiger partial charge in [-0.3, -0.25) is 4.79 Å². The maximum atomic E-state index is 10.8. The number of hydrogen-bond acceptors (Lipinski definition) is 5. The topological polar surface area (TPSA) is 95.7 Å². The van der Waals surface area contributed by atoms with Gasteiger partial charge in [0, 0.05) is 12.2 Å². The Morgan fingerprint density at radius 3 is 1.77 bits per heavy atom. The van der Waals surface area contributed by atoms with Crippen LogP contribution in [0, 0.1) is 5.92 Å². The molecule has 7 nitrogen and oxygen atoms in total. The highest BCUT2D eigenvalue weighted by atomic mass is 35.5. The monoisotopic (exact) mass is 448 g/mol. The van der Waals surface area contributed by atoms with Crippen LogP contribution >= 0.6 is 0 Å². The lowest BCUT2D eigenvalue weighted by molar-refractivity contribution is -0.870. The molecule has 0 spiro atoms. The highest BCUT2D eigenvalue weighted by molar-refractivity contribution is 5.85. The van der Waals surface area contributed by atoms with E-state index in [9.17, 15) is 14.4 Å². The van der Waals surface area contributed by atoms with Crippen LogP contribution in [0.1, 0.15) is 39.5 Å². The third kappa shape index (κ3) is 33.5. The Morgan fingerprint density at radius 2 is 1.43 bits per heavy atom. The first-order valence-corrected chi connectivity index (χ1v) is 9.77. The number of ether oxygens (including phenoxy) is 2. The zero-order valence-electron chi connectivity index (χ0n) is 19.3. The molecule has 1 atom stereocenters. The lowest BCUT2D eigenvalue weighted by atomic mass is 10.0. The summed E-state index contributed by atoms with van der Waals surface area (Å²) in [7, 11) is 6.13. The molecule has 0 rings (SSSR count). The molecule has 0 aliphatic rings. The Morgan fingerprint density at radius 1 is 0.967 bits per heavy atom. The average molecular weight is 449 g/mol. The molecule has 0 heterocycles. The van der Waals surface area contributed by atoms with Crippen molar-refractivity contribution >= 4 is 17.8 Å². The molecular weight excluding hydrogens is 408 g/mol. The fourth-order valence-electron chi connectivity index (χ4n) is 1.64. The minimum atomic E-state index is -0.481. The van der Waals surface area contributed by atoms with Gasteiger partial charge in [0.05, 0.1) is 27.7 Å². The smallest absolute Gasteiger partial charge is 0.330 e. The van der Waals surface area contributed by atoms with Crippen molar-refractivity contribution in [2.75, 3.05) is 40.9 Å². The van der Waals surface area contributed by atoms with Crippen LogP contribution in [0.2, 0.25) is 0 Å². The quantitative estimate of drug-likeness (QED) is 0.258. The van der Waals surface area contributed by atoms with Crippen LogP contribution in [-0.4, -0.2) is 63.2 Å². The fourth-order valence-corrected chi connectivity index (χ4v) is 1.64. The van der Waals surface area contributed by atoms with Crippen molar-refractivity contribution < 1.29 is 40.7 Å². The van der Waals surface area contributed by atoms with Crippen LogP contribution in [0.25, 0.3) is 0 Å². The van der Waals surface area contributed by atoms with E-state index >= 15 is 0 Å². The minimum Gasteiger partial charge on any atom is -1.00 e. The molecule has 0 aliphatic heterocycles. The van der Waals surface area contributed by atoms with Crippen molar-refractivity contribution in [2.45, 2.75) is 39.5 Å². The van der Waals surface area contributed by atoms with E-state index in [0.29, 0.717) is 19.1 Å². The number of hydrogen-bond donors (Lipinski definition) is 1. The number of halogens is 1. The van der Waals surface area contributed by atoms with E-state index in [2.05, 4.69) is 39.3 Å². The molecule has 0 aromatic heterocycles. The number of likely N-dealkylation sites (N-methyl/N-ethyl adjacent to an activating group) is 1. The largest absolute Gasteiger partial charge is 1.00 e. The zero-order chi connectivity index (χ0) is 23.3. The second-order valence-electron chi connectivity index (χ2n) is 7.24. The molecule has 30 heavy (non-hydrogen) atoms. The van der Waals surface area contributed by atoms with Crippen molar-refractivity contribution in [3.8, 4) is 0 Å². The van der Waals surface area contributed by atoms with Gasteiger partial charge in [0.1, 0.15) is 13.2 Å². The second kappa shape index (κ2) is 23.2. The van der Waals surface area contributed by atoms with Gasteiger partial charge in [0.25, 0.3) is 0 Å². The molecule has 0 bridgehead atoms. The lowest BCUT2D eigenvalue weighted by Gasteiger charge is -2.23. The number of rotatable bonds is 12. The number of amides is 1. The third-order valence-corrected chi connectivity index (χ3v) is 3.55. The van der Waals surface area contributed by atoms with Gasteiger partial charge in [0.2, 0.25) is 5.91 Å². The van der Waals surface area contributed by atoms with E-state index in [0.717, 1.165) is 29.9 Å². The van der Waals surface area contributed by atoms with Crippen molar-refractivity contribution in [1.82, 2.24) is 0 Å². The highest BCUT2D eigenvalue weighted by Gasteiger charge is 2.08. The first kappa shape index (κ1) is 35.3. The van der Waals surface area contributed by atoms with Gasteiger partial charge in [-0.15, -0.1) is 0 Å². The predicted molar refractivity (Wildman–Crippen MR) is 118 cm³/mol. The Balaban J connectivity index is -0.000000181. The summed E-state index contributed by atoms with van der Waals surface area (Å²) in [5.74, 6) is -0.623. The molecule has 0 saturated heterocycles. The minimum absolute atomic E-state index is 0. The van der Waals surface area contributed by atoms with E-state index < -0.39 is 5.91 Å². The summed E-state index contributed by atoms with van der Waals surface area (Å²) in [6.07, 6.45) is 8.08. The Hall–Kier alpha value is -2.12. The predicted octanol–water partition coefficient (Wildman–Crippen LogP) is 0.0155. The lowest BCUT2D eigenvalue weighted by Crippen LogP contribution is -3.00. The molecule has 2 N–H and O–H groups in total. The highest BCUT2D eigenvalue weighted by Crippen LogP contribution is 2.12. The molecule has 1 unspecified atom stereocenters. The summed E-state index contributed by atoms with van der Waals surface area (Å²) < 4.78 is 10.6. The van der Waals surface area contributed by atoms with Crippen LogP contribution < -0.4 is 18.1 Å². The van der Waals surface area contributed by atoms with Gasteiger partial charge in [-0.25, -0.2) is 9.59 Å². The van der Waals surface area contributed by atoms with Gasteiger partial charge in [0.15, 0.2) is 0 Å². The van der Waals surface area contributed by atoms with Crippen LogP contribution in [0.15, 0.2) is 38.0 Å². The van der Waals surface area contributed by atoms with Crippen LogP contribution in [0.3, 0.4) is 0 Å². The number of nitrogens with two attached hydrogens (primary N) is 1. The van der Waals surface area contributed by atoms with Gasteiger partial charge in [-0.2, -0.15) is 0 Å². The van der Waals surface area contributed by atoms with E-state index in [4.69, 9.17) is 9.47 Å². The number of quaternary nitrogens is 1. The summed E-state index contributed by atoms with van der Waals surface area (Å²) >= 11 is 0. The van der Waals surface area contributed by atoms with Gasteiger partial charge < -0.3 is 32.1 Å². The summed E-state index contributed by atoms with van der Waals surface area (Å²) in [5, 5.41) is 0. The molecule has 0 aromatic rings. The van der Waals surface area contributed by atoms with Crippen molar-refractivity contribution in [1.29, 1.82) is 0 Å². The molecule has 0 aromatic carbocycles. The standard InChI is InChI=1S/C11H20O2.C8H16NO2.C3H5NO.ClH/c1-4-7-8-10(5-2)9-13-11(12)6-3;1-5-8(10)11-7-6-9(2,3)4;1-2-3(4)5;/h6,10H,3-5,7-9H2,1-2H3;5H,1,6-7H2,2-4H3;2H,1H2,(H2,4,5);1H/q;+1;;/p-1. The second-order valence-corrected chi connectivity index (χ2v) is 7.24. The summed E-state index contributed by atoms with van der Waals surface area (Å²) in [5.41, 5.74) is 4.53. The Labute approximate surface area is 189 Å². The molecule has 0 fully saturated rings. The summed E-state index contributed by atoms with van der Waals surface area (Å²) in [4.78, 5) is 30.8. The maximum absolute atomic E-state index is 10.8. The van der Waals surface area contributed by atoms with Crippen LogP contribution in [0.4, 0.5) is 0 Å². The Kier molecular flexibility index (Phi) is 27.3. The number of carbonyl (C=O) groups is 3. The molecule has 176 valence electrons. The molecule has 0 saturated carbocycles. The van der Waals surface area contributed by atoms with Gasteiger partial charge >= 0.3 is 11.9 Å². The van der Waals surface area contributed by atoms with Crippen LogP contribution in [0.5, 0.6) is 0 Å².